The van der Waals surface area contributed by atoms with Crippen LogP contribution in [0.3, 0.4) is 0 Å². The van der Waals surface area contributed by atoms with Crippen molar-refractivity contribution in [2.45, 2.75) is 13.0 Å². The van der Waals surface area contributed by atoms with E-state index in [0.29, 0.717) is 8.95 Å². The molecule has 2 aromatic rings. The van der Waals surface area contributed by atoms with Crippen molar-refractivity contribution in [3.63, 3.8) is 0 Å². The van der Waals surface area contributed by atoms with Crippen LogP contribution in [0.1, 0.15) is 28.9 Å². The first-order chi connectivity index (χ1) is 9.49. The zero-order valence-electron chi connectivity index (χ0n) is 10.6. The predicted octanol–water partition coefficient (Wildman–Crippen LogP) is 3.80. The number of amides is 1. The number of rotatable bonds is 3. The fraction of sp³-hybridized carbons (Fsp3) is 0.143. The molecule has 0 spiro atoms. The van der Waals surface area contributed by atoms with Gasteiger partial charge in [0.2, 0.25) is 0 Å². The molecule has 1 atom stereocenters. The molecule has 0 aliphatic carbocycles. The summed E-state index contributed by atoms with van der Waals surface area (Å²) in [5, 5.41) is 12.8. The van der Waals surface area contributed by atoms with Gasteiger partial charge in [0.25, 0.3) is 5.91 Å². The Hall–Kier alpha value is -1.40. The summed E-state index contributed by atoms with van der Waals surface area (Å²) in [6, 6.07) is 6.75. The molecule has 20 heavy (non-hydrogen) atoms. The molecule has 0 bridgehead atoms. The van der Waals surface area contributed by atoms with Gasteiger partial charge in [-0.2, -0.15) is 0 Å². The minimum atomic E-state index is -0.339. The molecule has 1 heterocycles. The number of benzene rings is 1. The van der Waals surface area contributed by atoms with E-state index in [2.05, 4.69) is 42.2 Å². The molecule has 4 nitrogen and oxygen atoms in total. The monoisotopic (exact) mass is 398 g/mol. The lowest BCUT2D eigenvalue weighted by Gasteiger charge is -2.15. The topological polar surface area (TPSA) is 62.2 Å². The third-order valence-electron chi connectivity index (χ3n) is 2.83. The number of carbonyl (C=O) groups excluding carboxylic acids is 1. The second-order valence-corrected chi connectivity index (χ2v) is 6.03. The fourth-order valence-corrected chi connectivity index (χ4v) is 2.97. The van der Waals surface area contributed by atoms with E-state index < -0.39 is 0 Å². The van der Waals surface area contributed by atoms with E-state index in [1.54, 1.807) is 24.5 Å². The van der Waals surface area contributed by atoms with Gasteiger partial charge in [-0.15, -0.1) is 0 Å². The van der Waals surface area contributed by atoms with Crippen LogP contribution in [-0.2, 0) is 0 Å². The van der Waals surface area contributed by atoms with E-state index in [1.165, 1.54) is 0 Å². The number of carbonyl (C=O) groups is 1. The van der Waals surface area contributed by atoms with Gasteiger partial charge >= 0.3 is 0 Å². The Bertz CT molecular complexity index is 633. The largest absolute Gasteiger partial charge is 0.506 e. The lowest BCUT2D eigenvalue weighted by Crippen LogP contribution is -2.26. The van der Waals surface area contributed by atoms with E-state index in [-0.39, 0.29) is 23.3 Å². The van der Waals surface area contributed by atoms with Gasteiger partial charge in [0, 0.05) is 16.9 Å². The van der Waals surface area contributed by atoms with E-state index in [4.69, 9.17) is 0 Å². The minimum Gasteiger partial charge on any atom is -0.506 e. The zero-order chi connectivity index (χ0) is 14.7. The highest BCUT2D eigenvalue weighted by Crippen LogP contribution is 2.31. The van der Waals surface area contributed by atoms with Gasteiger partial charge in [0.1, 0.15) is 5.75 Å². The molecular weight excluding hydrogens is 388 g/mol. The van der Waals surface area contributed by atoms with Gasteiger partial charge in [-0.25, -0.2) is 0 Å². The molecule has 2 rings (SSSR count). The molecule has 0 radical (unpaired) electrons. The Labute approximate surface area is 133 Å². The first kappa shape index (κ1) is 15.0. The summed E-state index contributed by atoms with van der Waals surface area (Å²) in [5.41, 5.74) is 1.16. The van der Waals surface area contributed by atoms with Gasteiger partial charge in [-0.1, -0.05) is 15.9 Å². The highest BCUT2D eigenvalue weighted by atomic mass is 79.9. The van der Waals surface area contributed by atoms with Crippen LogP contribution in [0.15, 0.2) is 45.6 Å². The molecule has 6 heteroatoms. The number of hydrogen-bond donors (Lipinski definition) is 2. The Morgan fingerprint density at radius 1 is 1.30 bits per heavy atom. The van der Waals surface area contributed by atoms with Gasteiger partial charge in [0.05, 0.1) is 16.1 Å². The second-order valence-electron chi connectivity index (χ2n) is 4.26. The number of phenols is 1. The van der Waals surface area contributed by atoms with Crippen molar-refractivity contribution < 1.29 is 9.90 Å². The highest BCUT2D eigenvalue weighted by molar-refractivity contribution is 9.11. The maximum Gasteiger partial charge on any atom is 0.255 e. The SMILES string of the molecule is C[C@H](NC(=O)c1cc(Br)cc(Br)c1O)c1ccncc1. The molecule has 1 aromatic heterocycles. The molecule has 1 aromatic carbocycles. The molecule has 0 aliphatic heterocycles. The number of halogens is 2. The van der Waals surface area contributed by atoms with Crippen LogP contribution in [0, 0.1) is 0 Å². The lowest BCUT2D eigenvalue weighted by atomic mass is 10.1. The summed E-state index contributed by atoms with van der Waals surface area (Å²) in [6.07, 6.45) is 3.34. The number of aromatic nitrogens is 1. The van der Waals surface area contributed by atoms with Crippen molar-refractivity contribution in [2.75, 3.05) is 0 Å². The van der Waals surface area contributed by atoms with Crippen LogP contribution in [0.25, 0.3) is 0 Å². The average Bonchev–Trinajstić information content (AvgIpc) is 2.43. The smallest absolute Gasteiger partial charge is 0.255 e. The summed E-state index contributed by atoms with van der Waals surface area (Å²) in [6.45, 7) is 1.87. The van der Waals surface area contributed by atoms with E-state index >= 15 is 0 Å². The van der Waals surface area contributed by atoms with Crippen LogP contribution < -0.4 is 5.32 Å². The van der Waals surface area contributed by atoms with E-state index in [1.807, 2.05) is 19.1 Å². The van der Waals surface area contributed by atoms with Gasteiger partial charge < -0.3 is 10.4 Å². The molecule has 0 fully saturated rings. The fourth-order valence-electron chi connectivity index (χ4n) is 1.75. The highest BCUT2D eigenvalue weighted by Gasteiger charge is 2.17. The normalized spacial score (nSPS) is 11.9. The molecule has 0 unspecified atom stereocenters. The number of nitrogens with one attached hydrogen (secondary N) is 1. The summed E-state index contributed by atoms with van der Waals surface area (Å²) < 4.78 is 1.18. The van der Waals surface area contributed by atoms with Gasteiger partial charge in [-0.3, -0.25) is 9.78 Å². The maximum atomic E-state index is 12.2. The van der Waals surface area contributed by atoms with Crippen molar-refractivity contribution in [3.8, 4) is 5.75 Å². The number of aromatic hydroxyl groups is 1. The first-order valence-corrected chi connectivity index (χ1v) is 7.46. The molecule has 2 N–H and O–H groups in total. The van der Waals surface area contributed by atoms with Crippen LogP contribution in [0.4, 0.5) is 0 Å². The van der Waals surface area contributed by atoms with Crippen molar-refractivity contribution in [1.29, 1.82) is 0 Å². The van der Waals surface area contributed by atoms with Crippen molar-refractivity contribution in [3.05, 3.63) is 56.7 Å². The molecule has 104 valence electrons. The van der Waals surface area contributed by atoms with E-state index in [0.717, 1.165) is 5.56 Å². The second kappa shape index (κ2) is 6.37. The Balaban J connectivity index is 2.21. The van der Waals surface area contributed by atoms with Crippen LogP contribution in [0.2, 0.25) is 0 Å². The van der Waals surface area contributed by atoms with Crippen molar-refractivity contribution >= 4 is 37.8 Å². The number of nitrogens with zero attached hydrogens (tertiary/aromatic N) is 1. The Morgan fingerprint density at radius 2 is 1.95 bits per heavy atom. The lowest BCUT2D eigenvalue weighted by molar-refractivity contribution is 0.0937. The number of pyridine rings is 1. The first-order valence-electron chi connectivity index (χ1n) is 5.88. The molecule has 0 saturated carbocycles. The summed E-state index contributed by atoms with van der Waals surface area (Å²) in [7, 11) is 0. The van der Waals surface area contributed by atoms with Crippen LogP contribution >= 0.6 is 31.9 Å². The molecule has 0 aliphatic rings. The molecule has 0 saturated heterocycles. The van der Waals surface area contributed by atoms with Gasteiger partial charge in [0.15, 0.2) is 0 Å². The Morgan fingerprint density at radius 3 is 2.60 bits per heavy atom. The Kier molecular flexibility index (Phi) is 4.77. The predicted molar refractivity (Wildman–Crippen MR) is 83.6 cm³/mol. The minimum absolute atomic E-state index is 0.0763. The van der Waals surface area contributed by atoms with Crippen molar-refractivity contribution in [2.24, 2.45) is 0 Å². The standard InChI is InChI=1S/C14H12Br2N2O2/c1-8(9-2-4-17-5-3-9)18-14(20)11-6-10(15)7-12(16)13(11)19/h2-8,19H,1H3,(H,18,20)/t8-/m0/s1. The zero-order valence-corrected chi connectivity index (χ0v) is 13.8. The third-order valence-corrected chi connectivity index (χ3v) is 3.89. The van der Waals surface area contributed by atoms with Crippen LogP contribution in [0.5, 0.6) is 5.75 Å². The summed E-state index contributed by atoms with van der Waals surface area (Å²) in [5.74, 6) is -0.415. The molecular formula is C14H12Br2N2O2. The summed E-state index contributed by atoms with van der Waals surface area (Å²) >= 11 is 6.51. The van der Waals surface area contributed by atoms with E-state index in [9.17, 15) is 9.90 Å². The van der Waals surface area contributed by atoms with Crippen LogP contribution in [-0.4, -0.2) is 16.0 Å². The average molecular weight is 400 g/mol. The number of phenolic OH excluding ortho intramolecular Hbond substituents is 1. The quantitative estimate of drug-likeness (QED) is 0.824. The third kappa shape index (κ3) is 3.37. The summed E-state index contributed by atoms with van der Waals surface area (Å²) in [4.78, 5) is 16.2. The van der Waals surface area contributed by atoms with Gasteiger partial charge in [-0.05, 0) is 52.7 Å². The number of hydrogen-bond acceptors (Lipinski definition) is 3. The van der Waals surface area contributed by atoms with Crippen molar-refractivity contribution in [1.82, 2.24) is 10.3 Å². The maximum absolute atomic E-state index is 12.2. The molecule has 1 amide bonds.